The molecule has 1 rings (SSSR count). The molecule has 24 heteroatoms. The van der Waals surface area contributed by atoms with E-state index in [2.05, 4.69) is 84.1 Å². The van der Waals surface area contributed by atoms with Crippen LogP contribution in [0.1, 0.15) is 222 Å². The first-order chi connectivity index (χ1) is 44.7. The number of carbonyl (C=O) groups is 10. The van der Waals surface area contributed by atoms with Crippen LogP contribution in [0.25, 0.3) is 0 Å². The van der Waals surface area contributed by atoms with Crippen LogP contribution >= 0.6 is 0 Å². The van der Waals surface area contributed by atoms with Crippen molar-refractivity contribution in [1.29, 1.82) is 0 Å². The van der Waals surface area contributed by atoms with Crippen LogP contribution in [0.5, 0.6) is 0 Å². The summed E-state index contributed by atoms with van der Waals surface area (Å²) >= 11 is 0. The summed E-state index contributed by atoms with van der Waals surface area (Å²) in [5.74, 6) is -2.82. The van der Waals surface area contributed by atoms with Crippen LogP contribution in [0.15, 0.2) is 0 Å². The second-order valence-electron chi connectivity index (χ2n) is 34.3. The van der Waals surface area contributed by atoms with Gasteiger partial charge in [0.15, 0.2) is 0 Å². The van der Waals surface area contributed by atoms with Crippen molar-refractivity contribution in [2.75, 3.05) is 118 Å². The number of nitrogens with zero attached hydrogens (tertiary/aromatic N) is 1. The van der Waals surface area contributed by atoms with Crippen LogP contribution in [0, 0.1) is 61.1 Å². The highest BCUT2D eigenvalue weighted by Gasteiger charge is 2.40. The molecule has 0 aromatic heterocycles. The lowest BCUT2D eigenvalue weighted by molar-refractivity contribution is -0.140. The maximum absolute atomic E-state index is 13.7. The highest BCUT2D eigenvalue weighted by molar-refractivity contribution is 6.04. The molecular weight excluding hydrogens is 1240 g/mol. The average Bonchev–Trinajstić information content (AvgIpc) is 1.70. The summed E-state index contributed by atoms with van der Waals surface area (Å²) in [5, 5.41) is 23.2. The predicted molar refractivity (Wildman–Crippen MR) is 378 cm³/mol. The molecule has 1 aliphatic heterocycles. The number of ether oxygens (including phenoxy) is 5. The van der Waals surface area contributed by atoms with Gasteiger partial charge in [-0.1, -0.05) is 145 Å². The van der Waals surface area contributed by atoms with E-state index < -0.39 is 39.5 Å². The Morgan fingerprint density at radius 1 is 0.464 bits per heavy atom. The predicted octanol–water partition coefficient (Wildman–Crippen LogP) is 7.58. The molecule has 0 aromatic carbocycles. The zero-order valence-corrected chi connectivity index (χ0v) is 64.1. The lowest BCUT2D eigenvalue weighted by Gasteiger charge is -2.32. The summed E-state index contributed by atoms with van der Waals surface area (Å²) in [6.45, 7) is 47.1. The zero-order valence-electron chi connectivity index (χ0n) is 64.1. The van der Waals surface area contributed by atoms with E-state index in [0.717, 1.165) is 25.7 Å². The molecular formula is C73H135N9O15. The molecule has 562 valence electrons. The second kappa shape index (κ2) is 42.7. The second-order valence-corrected chi connectivity index (χ2v) is 34.3. The van der Waals surface area contributed by atoms with Crippen molar-refractivity contribution in [3.05, 3.63) is 0 Å². The SMILES string of the molecule is CC(CNC(=O)CCN1C(=O)CC(C(C)C)C1=O)COCC(C)(C)CC(=O)N[C@@H](CCC(=O)NCCOCCC(=O)NCC(C)(C)COCC(C)(C)CNC(=O)C(C)(C)CCC(C)(C)C)C(=O)NCCOCC(C)(C)CC(=O)NCCOCCCNC(=O)C(C)(C)CCC(C)(C)C. The van der Waals surface area contributed by atoms with Gasteiger partial charge in [-0.2, -0.15) is 0 Å². The van der Waals surface area contributed by atoms with Gasteiger partial charge >= 0.3 is 0 Å². The topological polar surface area (TPSA) is 316 Å². The van der Waals surface area contributed by atoms with Crippen molar-refractivity contribution in [3.63, 3.8) is 0 Å². The standard InChI is InChI=1S/C73H135N9O15/c1-52(2)54-41-61(88)82(63(54)90)35-25-57(84)78-44-53(3)45-96-49-69(12,13)43-60(87)81-55(62(89)76-34-40-95-48-68(10,11)42-59(86)75-33-38-93-36-22-31-77-64(91)72(18,19)29-27-66(4,5)6)23-24-56(83)74-32-39-94-37-26-58(85)79-46-70(14,15)50-97-51-71(16,17)47-80-65(92)73(20,21)30-28-67(7,8)9/h52-55H,22-51H2,1-21H3,(H,74,83)(H,75,86)(H,76,89)(H,77,91)(H,78,84)(H,79,85)(H,80,92)(H,81,87)/t53?,54?,55-/m0/s1. The van der Waals surface area contributed by atoms with Gasteiger partial charge in [-0.25, -0.2) is 0 Å². The molecule has 1 heterocycles. The molecule has 8 N–H and O–H groups in total. The fourth-order valence-electron chi connectivity index (χ4n) is 10.1. The smallest absolute Gasteiger partial charge is 0.242 e. The third kappa shape index (κ3) is 42.4. The van der Waals surface area contributed by atoms with Gasteiger partial charge in [0.2, 0.25) is 59.1 Å². The van der Waals surface area contributed by atoms with Crippen molar-refractivity contribution in [2.24, 2.45) is 61.1 Å². The molecule has 0 aliphatic carbocycles. The minimum atomic E-state index is -1.08. The summed E-state index contributed by atoms with van der Waals surface area (Å²) in [6, 6.07) is -1.08. The van der Waals surface area contributed by atoms with Gasteiger partial charge in [0.25, 0.3) is 0 Å². The molecule has 10 amide bonds. The number of likely N-dealkylation sites (tertiary alicyclic amines) is 1. The van der Waals surface area contributed by atoms with Crippen LogP contribution in [0.4, 0.5) is 0 Å². The van der Waals surface area contributed by atoms with Gasteiger partial charge < -0.3 is 66.2 Å². The summed E-state index contributed by atoms with van der Waals surface area (Å²) in [7, 11) is 0. The van der Waals surface area contributed by atoms with Gasteiger partial charge in [0.05, 0.1) is 59.5 Å². The Hall–Kier alpha value is -5.30. The fourth-order valence-corrected chi connectivity index (χ4v) is 10.1. The van der Waals surface area contributed by atoms with Crippen molar-refractivity contribution in [2.45, 2.75) is 228 Å². The van der Waals surface area contributed by atoms with Gasteiger partial charge in [-0.05, 0) is 72.0 Å². The fraction of sp³-hybridized carbons (Fsp3) is 0.863. The molecule has 2 unspecified atom stereocenters. The number of imide groups is 1. The molecule has 0 aromatic rings. The van der Waals surface area contributed by atoms with Gasteiger partial charge in [0, 0.05) is 125 Å². The monoisotopic (exact) mass is 1380 g/mol. The Labute approximate surface area is 583 Å². The number of carbonyl (C=O) groups excluding carboxylic acids is 10. The van der Waals surface area contributed by atoms with Crippen LogP contribution in [-0.4, -0.2) is 188 Å². The molecule has 1 saturated heterocycles. The van der Waals surface area contributed by atoms with Crippen LogP contribution in [0.2, 0.25) is 0 Å². The van der Waals surface area contributed by atoms with Gasteiger partial charge in [-0.3, -0.25) is 52.8 Å². The van der Waals surface area contributed by atoms with Crippen LogP contribution < -0.4 is 42.5 Å². The molecule has 24 nitrogen and oxygen atoms in total. The molecule has 3 atom stereocenters. The lowest BCUT2D eigenvalue weighted by Crippen LogP contribution is -2.49. The molecule has 0 radical (unpaired) electrons. The van der Waals surface area contributed by atoms with E-state index >= 15 is 0 Å². The molecule has 1 aliphatic rings. The van der Waals surface area contributed by atoms with Gasteiger partial charge in [0.1, 0.15) is 6.04 Å². The molecule has 1 fully saturated rings. The van der Waals surface area contributed by atoms with E-state index in [1.165, 1.54) is 4.90 Å². The highest BCUT2D eigenvalue weighted by atomic mass is 16.5. The van der Waals surface area contributed by atoms with Crippen LogP contribution in [0.3, 0.4) is 0 Å². The first-order valence-corrected chi connectivity index (χ1v) is 35.6. The number of rotatable bonds is 51. The average molecular weight is 1380 g/mol. The van der Waals surface area contributed by atoms with E-state index in [4.69, 9.17) is 23.7 Å². The Kier molecular flexibility index (Phi) is 39.5. The maximum Gasteiger partial charge on any atom is 0.242 e. The van der Waals surface area contributed by atoms with Crippen molar-refractivity contribution in [1.82, 2.24) is 47.4 Å². The first-order valence-electron chi connectivity index (χ1n) is 35.6. The van der Waals surface area contributed by atoms with E-state index in [9.17, 15) is 47.9 Å². The third-order valence-corrected chi connectivity index (χ3v) is 16.9. The summed E-state index contributed by atoms with van der Waals surface area (Å²) in [5.41, 5.74) is -2.51. The van der Waals surface area contributed by atoms with Crippen molar-refractivity contribution in [3.8, 4) is 0 Å². The van der Waals surface area contributed by atoms with Crippen molar-refractivity contribution >= 4 is 59.1 Å². The van der Waals surface area contributed by atoms with Gasteiger partial charge in [-0.15, -0.1) is 0 Å². The molecule has 0 spiro atoms. The maximum atomic E-state index is 13.7. The summed E-state index contributed by atoms with van der Waals surface area (Å²) in [6.07, 6.45) is 4.46. The minimum absolute atomic E-state index is 0.00270. The van der Waals surface area contributed by atoms with Crippen LogP contribution in [-0.2, 0) is 71.6 Å². The Morgan fingerprint density at radius 2 is 0.938 bits per heavy atom. The van der Waals surface area contributed by atoms with E-state index in [1.807, 2.05) is 104 Å². The first kappa shape index (κ1) is 89.7. The number of amides is 10. The highest BCUT2D eigenvalue weighted by Crippen LogP contribution is 2.33. The molecule has 0 saturated carbocycles. The summed E-state index contributed by atoms with van der Waals surface area (Å²) in [4.78, 5) is 131. The van der Waals surface area contributed by atoms with E-state index in [-0.39, 0.29) is 191 Å². The van der Waals surface area contributed by atoms with E-state index in [1.54, 1.807) is 0 Å². The normalized spacial score (nSPS) is 15.0. The Morgan fingerprint density at radius 3 is 1.49 bits per heavy atom. The molecule has 0 bridgehead atoms. The quantitative estimate of drug-likeness (QED) is 0.0215. The summed E-state index contributed by atoms with van der Waals surface area (Å²) < 4.78 is 29.3. The van der Waals surface area contributed by atoms with Crippen molar-refractivity contribution < 1.29 is 71.6 Å². The zero-order chi connectivity index (χ0) is 74.1. The number of hydrogen-bond donors (Lipinski definition) is 8. The lowest BCUT2D eigenvalue weighted by atomic mass is 9.79. The Balaban J connectivity index is 2.70. The minimum Gasteiger partial charge on any atom is -0.381 e. The largest absolute Gasteiger partial charge is 0.381 e. The molecule has 97 heavy (non-hydrogen) atoms. The third-order valence-electron chi connectivity index (χ3n) is 16.9. The van der Waals surface area contributed by atoms with E-state index in [0.29, 0.717) is 65.6 Å². The number of hydrogen-bond acceptors (Lipinski definition) is 15. The number of nitrogens with one attached hydrogen (secondary N) is 8. The Bertz CT molecular complexity index is 2460.